The zero-order chi connectivity index (χ0) is 17.8. The highest BCUT2D eigenvalue weighted by molar-refractivity contribution is 5.94. The quantitative estimate of drug-likeness (QED) is 0.903. The molecular formula is C20H23NO4. The number of nitrogens with one attached hydrogen (secondary N) is 1. The molecule has 132 valence electrons. The molecule has 5 heteroatoms. The van der Waals surface area contributed by atoms with Gasteiger partial charge in [-0.15, -0.1) is 0 Å². The van der Waals surface area contributed by atoms with E-state index in [4.69, 9.17) is 14.2 Å². The third-order valence-corrected chi connectivity index (χ3v) is 4.21. The smallest absolute Gasteiger partial charge is 0.251 e. The zero-order valence-corrected chi connectivity index (χ0v) is 14.7. The van der Waals surface area contributed by atoms with Gasteiger partial charge in [-0.25, -0.2) is 0 Å². The Hall–Kier alpha value is -2.69. The fourth-order valence-corrected chi connectivity index (χ4v) is 2.88. The first-order valence-electron chi connectivity index (χ1n) is 8.43. The van der Waals surface area contributed by atoms with E-state index in [0.717, 1.165) is 17.1 Å². The molecule has 1 heterocycles. The first kappa shape index (κ1) is 17.1. The largest absolute Gasteiger partial charge is 0.497 e. The second-order valence-corrected chi connectivity index (χ2v) is 6.33. The molecule has 1 aliphatic heterocycles. The van der Waals surface area contributed by atoms with E-state index < -0.39 is 0 Å². The van der Waals surface area contributed by atoms with Crippen molar-refractivity contribution in [2.24, 2.45) is 5.92 Å². The highest BCUT2D eigenvalue weighted by atomic mass is 16.6. The Balaban J connectivity index is 1.82. The molecule has 0 fully saturated rings. The van der Waals surface area contributed by atoms with Crippen molar-refractivity contribution in [1.82, 2.24) is 5.32 Å². The van der Waals surface area contributed by atoms with Gasteiger partial charge in [0.15, 0.2) is 11.5 Å². The second kappa shape index (κ2) is 7.47. The van der Waals surface area contributed by atoms with Crippen molar-refractivity contribution in [1.29, 1.82) is 0 Å². The Morgan fingerprint density at radius 3 is 2.56 bits per heavy atom. The van der Waals surface area contributed by atoms with E-state index in [0.29, 0.717) is 24.5 Å². The number of rotatable bonds is 5. The molecule has 0 saturated carbocycles. The van der Waals surface area contributed by atoms with Crippen molar-refractivity contribution in [3.63, 3.8) is 0 Å². The standard InChI is InChI=1S/C20H23NO4/c1-13(2)19(14-7-8-17-18(12-14)25-10-9-24-17)21-20(22)15-5-4-6-16(11-15)23-3/h4-8,11-13,19H,9-10H2,1-3H3,(H,21,22). The van der Waals surface area contributed by atoms with Crippen LogP contribution in [-0.2, 0) is 0 Å². The molecule has 0 bridgehead atoms. The molecular weight excluding hydrogens is 318 g/mol. The molecule has 1 aliphatic rings. The molecule has 3 rings (SSSR count). The second-order valence-electron chi connectivity index (χ2n) is 6.33. The first-order valence-corrected chi connectivity index (χ1v) is 8.43. The van der Waals surface area contributed by atoms with Crippen LogP contribution in [0.15, 0.2) is 42.5 Å². The molecule has 2 aromatic carbocycles. The van der Waals surface area contributed by atoms with Crippen molar-refractivity contribution in [2.45, 2.75) is 19.9 Å². The summed E-state index contributed by atoms with van der Waals surface area (Å²) < 4.78 is 16.4. The van der Waals surface area contributed by atoms with Crippen LogP contribution in [0.25, 0.3) is 0 Å². The molecule has 1 N–H and O–H groups in total. The summed E-state index contributed by atoms with van der Waals surface area (Å²) in [7, 11) is 1.59. The first-order chi connectivity index (χ1) is 12.1. The van der Waals surface area contributed by atoms with Gasteiger partial charge in [-0.2, -0.15) is 0 Å². The lowest BCUT2D eigenvalue weighted by molar-refractivity contribution is 0.0925. The summed E-state index contributed by atoms with van der Waals surface area (Å²) in [5.74, 6) is 2.22. The average Bonchev–Trinajstić information content (AvgIpc) is 2.65. The maximum atomic E-state index is 12.7. The summed E-state index contributed by atoms with van der Waals surface area (Å²) in [5.41, 5.74) is 1.57. The van der Waals surface area contributed by atoms with E-state index in [-0.39, 0.29) is 17.9 Å². The molecule has 0 spiro atoms. The summed E-state index contributed by atoms with van der Waals surface area (Å²) in [5, 5.41) is 3.12. The molecule has 25 heavy (non-hydrogen) atoms. The Morgan fingerprint density at radius 2 is 1.84 bits per heavy atom. The van der Waals surface area contributed by atoms with E-state index in [1.165, 1.54) is 0 Å². The topological polar surface area (TPSA) is 56.8 Å². The van der Waals surface area contributed by atoms with E-state index in [1.807, 2.05) is 30.3 Å². The van der Waals surface area contributed by atoms with E-state index in [9.17, 15) is 4.79 Å². The van der Waals surface area contributed by atoms with Gasteiger partial charge < -0.3 is 19.5 Å². The van der Waals surface area contributed by atoms with Crippen LogP contribution < -0.4 is 19.5 Å². The Kier molecular flexibility index (Phi) is 5.12. The van der Waals surface area contributed by atoms with Gasteiger partial charge in [0.05, 0.1) is 13.2 Å². The number of amides is 1. The van der Waals surface area contributed by atoms with E-state index in [2.05, 4.69) is 19.2 Å². The fraction of sp³-hybridized carbons (Fsp3) is 0.350. The molecule has 0 radical (unpaired) electrons. The van der Waals surface area contributed by atoms with E-state index in [1.54, 1.807) is 19.2 Å². The van der Waals surface area contributed by atoms with Crippen LogP contribution in [-0.4, -0.2) is 26.2 Å². The van der Waals surface area contributed by atoms with Crippen LogP contribution in [0.2, 0.25) is 0 Å². The lowest BCUT2D eigenvalue weighted by Gasteiger charge is -2.25. The fourth-order valence-electron chi connectivity index (χ4n) is 2.88. The summed E-state index contributed by atoms with van der Waals surface area (Å²) in [4.78, 5) is 12.7. The maximum Gasteiger partial charge on any atom is 0.251 e. The normalized spacial score (nSPS) is 14.1. The van der Waals surface area contributed by atoms with Gasteiger partial charge >= 0.3 is 0 Å². The number of hydrogen-bond acceptors (Lipinski definition) is 4. The predicted molar refractivity (Wildman–Crippen MR) is 95.5 cm³/mol. The van der Waals surface area contributed by atoms with Crippen molar-refractivity contribution in [3.8, 4) is 17.2 Å². The van der Waals surface area contributed by atoms with Crippen LogP contribution in [0.4, 0.5) is 0 Å². The third-order valence-electron chi connectivity index (χ3n) is 4.21. The number of hydrogen-bond donors (Lipinski definition) is 1. The minimum atomic E-state index is -0.132. The van der Waals surface area contributed by atoms with Crippen molar-refractivity contribution in [2.75, 3.05) is 20.3 Å². The molecule has 0 saturated heterocycles. The monoisotopic (exact) mass is 341 g/mol. The molecule has 0 aromatic heterocycles. The number of benzene rings is 2. The van der Waals surface area contributed by atoms with Gasteiger partial charge in [-0.05, 0) is 41.8 Å². The minimum Gasteiger partial charge on any atom is -0.497 e. The van der Waals surface area contributed by atoms with Gasteiger partial charge in [-0.1, -0.05) is 26.0 Å². The molecule has 1 amide bonds. The van der Waals surface area contributed by atoms with Crippen LogP contribution in [0.5, 0.6) is 17.2 Å². The van der Waals surface area contributed by atoms with Crippen molar-refractivity contribution in [3.05, 3.63) is 53.6 Å². The van der Waals surface area contributed by atoms with Gasteiger partial charge in [0.25, 0.3) is 5.91 Å². The number of carbonyl (C=O) groups excluding carboxylic acids is 1. The average molecular weight is 341 g/mol. The number of fused-ring (bicyclic) bond motifs is 1. The highest BCUT2D eigenvalue weighted by Gasteiger charge is 2.22. The van der Waals surface area contributed by atoms with Crippen molar-refractivity contribution >= 4 is 5.91 Å². The number of methoxy groups -OCH3 is 1. The lowest BCUT2D eigenvalue weighted by atomic mass is 9.95. The highest BCUT2D eigenvalue weighted by Crippen LogP contribution is 2.34. The Bertz CT molecular complexity index is 757. The summed E-state index contributed by atoms with van der Waals surface area (Å²) in [6.07, 6.45) is 0. The molecule has 2 aromatic rings. The lowest BCUT2D eigenvalue weighted by Crippen LogP contribution is -2.32. The van der Waals surface area contributed by atoms with Crippen LogP contribution in [0.1, 0.15) is 35.8 Å². The van der Waals surface area contributed by atoms with Gasteiger partial charge in [0.2, 0.25) is 0 Å². The predicted octanol–water partition coefficient (Wildman–Crippen LogP) is 3.59. The molecule has 1 unspecified atom stereocenters. The van der Waals surface area contributed by atoms with Gasteiger partial charge in [-0.3, -0.25) is 4.79 Å². The minimum absolute atomic E-state index is 0.130. The SMILES string of the molecule is COc1cccc(C(=O)NC(c2ccc3c(c2)OCCO3)C(C)C)c1. The summed E-state index contributed by atoms with van der Waals surface area (Å²) >= 11 is 0. The number of ether oxygens (including phenoxy) is 3. The van der Waals surface area contributed by atoms with Crippen LogP contribution >= 0.6 is 0 Å². The molecule has 5 nitrogen and oxygen atoms in total. The van der Waals surface area contributed by atoms with E-state index >= 15 is 0 Å². The summed E-state index contributed by atoms with van der Waals surface area (Å²) in [6.45, 7) is 5.26. The van der Waals surface area contributed by atoms with Gasteiger partial charge in [0, 0.05) is 5.56 Å². The zero-order valence-electron chi connectivity index (χ0n) is 14.7. The van der Waals surface area contributed by atoms with Gasteiger partial charge in [0.1, 0.15) is 19.0 Å². The molecule has 1 atom stereocenters. The third kappa shape index (κ3) is 3.87. The van der Waals surface area contributed by atoms with Crippen molar-refractivity contribution < 1.29 is 19.0 Å². The Morgan fingerprint density at radius 1 is 1.08 bits per heavy atom. The van der Waals surface area contributed by atoms with Crippen LogP contribution in [0.3, 0.4) is 0 Å². The number of carbonyl (C=O) groups is 1. The maximum absolute atomic E-state index is 12.7. The summed E-state index contributed by atoms with van der Waals surface area (Å²) in [6, 6.07) is 12.8. The van der Waals surface area contributed by atoms with Crippen LogP contribution in [0, 0.1) is 5.92 Å². The molecule has 0 aliphatic carbocycles. The Labute approximate surface area is 147 Å².